The van der Waals surface area contributed by atoms with Gasteiger partial charge in [-0.15, -0.1) is 11.3 Å². The van der Waals surface area contributed by atoms with Gasteiger partial charge in [0.2, 0.25) is 0 Å². The quantitative estimate of drug-likeness (QED) is 0.231. The molecule has 4 aromatic rings. The highest BCUT2D eigenvalue weighted by atomic mass is 35.5. The van der Waals surface area contributed by atoms with Gasteiger partial charge in [0.1, 0.15) is 16.5 Å². The fourth-order valence-electron chi connectivity index (χ4n) is 4.89. The van der Waals surface area contributed by atoms with Crippen LogP contribution in [0.2, 0.25) is 5.02 Å². The first-order chi connectivity index (χ1) is 18.6. The second-order valence-corrected chi connectivity index (χ2v) is 12.3. The number of hydrogen-bond donors (Lipinski definition) is 2. The molecule has 6 nitrogen and oxygen atoms in total. The van der Waals surface area contributed by atoms with E-state index in [9.17, 15) is 14.7 Å². The van der Waals surface area contributed by atoms with E-state index >= 15 is 0 Å². The van der Waals surface area contributed by atoms with Crippen molar-refractivity contribution in [2.45, 2.75) is 40.0 Å². The Morgan fingerprint density at radius 1 is 1.13 bits per heavy atom. The topological polar surface area (TPSA) is 91.9 Å². The van der Waals surface area contributed by atoms with Crippen LogP contribution in [0, 0.1) is 11.3 Å². The number of anilines is 1. The third-order valence-corrected chi connectivity index (χ3v) is 8.63. The molecule has 0 fully saturated rings. The first kappa shape index (κ1) is 26.9. The summed E-state index contributed by atoms with van der Waals surface area (Å²) < 4.78 is 5.96. The number of hydrogen-bond acceptors (Lipinski definition) is 5. The minimum Gasteiger partial charge on any atom is -0.478 e. The molecule has 2 N–H and O–H groups in total. The lowest BCUT2D eigenvalue weighted by molar-refractivity contribution is 0.0697. The van der Waals surface area contributed by atoms with Crippen LogP contribution in [-0.2, 0) is 12.8 Å². The van der Waals surface area contributed by atoms with E-state index in [1.807, 2.05) is 30.3 Å². The second kappa shape index (κ2) is 10.8. The van der Waals surface area contributed by atoms with Crippen LogP contribution in [0.3, 0.4) is 0 Å². The number of furan rings is 1. The zero-order valence-corrected chi connectivity index (χ0v) is 23.5. The Kier molecular flexibility index (Phi) is 7.47. The summed E-state index contributed by atoms with van der Waals surface area (Å²) in [5.74, 6) is 0.344. The average molecular weight is 561 g/mol. The Hall–Kier alpha value is -3.68. The fraction of sp³-hybridized carbons (Fsp3) is 0.258. The van der Waals surface area contributed by atoms with Crippen molar-refractivity contribution in [1.29, 1.82) is 0 Å². The van der Waals surface area contributed by atoms with Crippen LogP contribution in [0.15, 0.2) is 70.1 Å². The van der Waals surface area contributed by atoms with Crippen molar-refractivity contribution in [3.05, 3.63) is 93.0 Å². The number of aromatic carboxylic acids is 1. The number of thiophene rings is 1. The summed E-state index contributed by atoms with van der Waals surface area (Å²) in [6, 6.07) is 17.7. The number of carbonyl (C=O) groups excluding carboxylic acids is 1. The molecule has 1 amide bonds. The number of para-hydroxylation sites is 1. The maximum atomic E-state index is 13.5. The first-order valence-corrected chi connectivity index (χ1v) is 14.0. The van der Waals surface area contributed by atoms with E-state index in [-0.39, 0.29) is 21.9 Å². The van der Waals surface area contributed by atoms with Crippen molar-refractivity contribution in [2.24, 2.45) is 16.3 Å². The van der Waals surface area contributed by atoms with Crippen LogP contribution < -0.4 is 5.32 Å². The molecule has 0 aliphatic heterocycles. The van der Waals surface area contributed by atoms with Crippen LogP contribution in [0.25, 0.3) is 11.3 Å². The molecule has 0 radical (unpaired) electrons. The molecular formula is C31H29ClN2O4S. The molecule has 2 aromatic carbocycles. The van der Waals surface area contributed by atoms with Gasteiger partial charge in [-0.05, 0) is 72.6 Å². The third-order valence-electron chi connectivity index (χ3n) is 7.15. The number of nitrogens with zero attached hydrogens (tertiary/aromatic N) is 1. The van der Waals surface area contributed by atoms with Crippen LogP contribution in [0.5, 0.6) is 0 Å². The van der Waals surface area contributed by atoms with E-state index in [0.29, 0.717) is 33.6 Å². The molecule has 0 saturated heterocycles. The number of amides is 1. The molecule has 1 atom stereocenters. The van der Waals surface area contributed by atoms with Gasteiger partial charge in [-0.3, -0.25) is 4.79 Å². The van der Waals surface area contributed by atoms with E-state index in [1.165, 1.54) is 10.9 Å². The largest absolute Gasteiger partial charge is 0.478 e. The highest BCUT2D eigenvalue weighted by Crippen LogP contribution is 2.45. The summed E-state index contributed by atoms with van der Waals surface area (Å²) in [5.41, 5.74) is 3.34. The number of benzene rings is 2. The van der Waals surface area contributed by atoms with Gasteiger partial charge in [-0.25, -0.2) is 9.79 Å². The molecular weight excluding hydrogens is 532 g/mol. The number of carboxylic acids is 1. The SMILES string of the molecule is CC(C)(C)[C@H]1CCc2c(sc(N=Cc3ccc(-c4ccc(C(=O)O)c(Cl)c4)o3)c2C(=O)Nc2ccccc2)C1. The highest BCUT2D eigenvalue weighted by Gasteiger charge is 2.33. The van der Waals surface area contributed by atoms with Gasteiger partial charge in [-0.1, -0.05) is 56.6 Å². The normalized spacial score (nSPS) is 15.3. The number of carbonyl (C=O) groups is 2. The van der Waals surface area contributed by atoms with Crippen molar-refractivity contribution in [1.82, 2.24) is 0 Å². The molecule has 0 bridgehead atoms. The van der Waals surface area contributed by atoms with Gasteiger partial charge in [0.25, 0.3) is 5.91 Å². The average Bonchev–Trinajstić information content (AvgIpc) is 3.51. The van der Waals surface area contributed by atoms with Gasteiger partial charge in [0, 0.05) is 16.1 Å². The Bertz CT molecular complexity index is 1560. The van der Waals surface area contributed by atoms with Gasteiger partial charge < -0.3 is 14.8 Å². The van der Waals surface area contributed by atoms with Crippen molar-refractivity contribution < 1.29 is 19.1 Å². The number of halogens is 1. The lowest BCUT2D eigenvalue weighted by atomic mass is 9.72. The third kappa shape index (κ3) is 5.84. The Morgan fingerprint density at radius 3 is 2.59 bits per heavy atom. The van der Waals surface area contributed by atoms with Crippen molar-refractivity contribution >= 4 is 51.7 Å². The van der Waals surface area contributed by atoms with E-state index < -0.39 is 5.97 Å². The molecule has 8 heteroatoms. The molecule has 0 unspecified atom stereocenters. The maximum absolute atomic E-state index is 13.5. The molecule has 0 spiro atoms. The molecule has 0 saturated carbocycles. The zero-order chi connectivity index (χ0) is 27.7. The molecule has 5 rings (SSSR count). The van der Waals surface area contributed by atoms with Gasteiger partial charge >= 0.3 is 5.97 Å². The predicted molar refractivity (Wildman–Crippen MR) is 157 cm³/mol. The predicted octanol–water partition coefficient (Wildman–Crippen LogP) is 8.51. The summed E-state index contributed by atoms with van der Waals surface area (Å²) in [7, 11) is 0. The Balaban J connectivity index is 1.45. The highest BCUT2D eigenvalue weighted by molar-refractivity contribution is 7.16. The summed E-state index contributed by atoms with van der Waals surface area (Å²) in [6.07, 6.45) is 4.43. The molecule has 200 valence electrons. The lowest BCUT2D eigenvalue weighted by Gasteiger charge is -2.33. The van der Waals surface area contributed by atoms with E-state index in [2.05, 4.69) is 26.1 Å². The monoisotopic (exact) mass is 560 g/mol. The molecule has 1 aliphatic rings. The molecule has 2 heterocycles. The van der Waals surface area contributed by atoms with Crippen molar-refractivity contribution in [3.8, 4) is 11.3 Å². The first-order valence-electron chi connectivity index (χ1n) is 12.8. The van der Waals surface area contributed by atoms with Crippen LogP contribution in [-0.4, -0.2) is 23.2 Å². The minimum atomic E-state index is -1.08. The van der Waals surface area contributed by atoms with Crippen LogP contribution in [0.4, 0.5) is 10.7 Å². The number of carboxylic acid groups (broad SMARTS) is 1. The number of nitrogens with one attached hydrogen (secondary N) is 1. The van der Waals surface area contributed by atoms with Crippen molar-refractivity contribution in [2.75, 3.05) is 5.32 Å². The minimum absolute atomic E-state index is 0.0328. The van der Waals surface area contributed by atoms with E-state index in [0.717, 1.165) is 30.5 Å². The summed E-state index contributed by atoms with van der Waals surface area (Å²) >= 11 is 7.71. The zero-order valence-electron chi connectivity index (χ0n) is 22.0. The maximum Gasteiger partial charge on any atom is 0.337 e. The summed E-state index contributed by atoms with van der Waals surface area (Å²) in [6.45, 7) is 6.82. The van der Waals surface area contributed by atoms with Gasteiger partial charge in [0.05, 0.1) is 22.4 Å². The van der Waals surface area contributed by atoms with Crippen LogP contribution in [0.1, 0.15) is 64.1 Å². The van der Waals surface area contributed by atoms with Crippen LogP contribution >= 0.6 is 22.9 Å². The summed E-state index contributed by atoms with van der Waals surface area (Å²) in [5, 5.41) is 13.0. The van der Waals surface area contributed by atoms with E-state index in [4.69, 9.17) is 21.0 Å². The lowest BCUT2D eigenvalue weighted by Crippen LogP contribution is -2.27. The van der Waals surface area contributed by atoms with Crippen molar-refractivity contribution in [3.63, 3.8) is 0 Å². The van der Waals surface area contributed by atoms with Gasteiger partial charge in [0.15, 0.2) is 0 Å². The molecule has 1 aliphatic carbocycles. The Morgan fingerprint density at radius 2 is 1.90 bits per heavy atom. The molecule has 39 heavy (non-hydrogen) atoms. The smallest absolute Gasteiger partial charge is 0.337 e. The fourth-order valence-corrected chi connectivity index (χ4v) is 6.42. The summed E-state index contributed by atoms with van der Waals surface area (Å²) in [4.78, 5) is 30.7. The second-order valence-electron chi connectivity index (χ2n) is 10.8. The van der Waals surface area contributed by atoms with Gasteiger partial charge in [-0.2, -0.15) is 0 Å². The standard InChI is InChI=1S/C31H29ClN2O4S/c1-31(2,3)19-10-13-23-26(16-19)39-29(27(23)28(35)34-20-7-5-4-6-8-20)33-17-21-11-14-25(38-21)18-9-12-22(30(36)37)24(32)15-18/h4-9,11-12,14-15,17,19H,10,13,16H2,1-3H3,(H,34,35)(H,36,37)/t19-/m0/s1. The number of aliphatic imine (C=N–C) groups is 1. The molecule has 2 aromatic heterocycles. The Labute approximate surface area is 236 Å². The number of fused-ring (bicyclic) bond motifs is 1. The number of rotatable bonds is 6. The van der Waals surface area contributed by atoms with E-state index in [1.54, 1.807) is 41.8 Å².